The van der Waals surface area contributed by atoms with Gasteiger partial charge in [-0.2, -0.15) is 4.98 Å². The molecule has 2 heterocycles. The summed E-state index contributed by atoms with van der Waals surface area (Å²) < 4.78 is 4.56. The van der Waals surface area contributed by atoms with E-state index in [1.165, 1.54) is 6.39 Å². The SMILES string of the molecule is O=C(O)CC1CCN(C(=O)NCc2ncon2)CC1. The van der Waals surface area contributed by atoms with Crippen molar-refractivity contribution < 1.29 is 19.2 Å². The normalized spacial score (nSPS) is 16.3. The number of urea groups is 1. The number of aromatic nitrogens is 2. The van der Waals surface area contributed by atoms with E-state index in [2.05, 4.69) is 20.0 Å². The first-order chi connectivity index (χ1) is 9.15. The third-order valence-electron chi connectivity index (χ3n) is 3.17. The first-order valence-electron chi connectivity index (χ1n) is 6.15. The quantitative estimate of drug-likeness (QED) is 0.821. The van der Waals surface area contributed by atoms with E-state index in [9.17, 15) is 9.59 Å². The molecule has 2 amide bonds. The van der Waals surface area contributed by atoms with Gasteiger partial charge in [0.1, 0.15) is 0 Å². The van der Waals surface area contributed by atoms with Crippen molar-refractivity contribution in [3.8, 4) is 0 Å². The van der Waals surface area contributed by atoms with Crippen LogP contribution in [0.1, 0.15) is 25.1 Å². The summed E-state index contributed by atoms with van der Waals surface area (Å²) in [5.74, 6) is -0.187. The van der Waals surface area contributed by atoms with Crippen LogP contribution in [-0.2, 0) is 11.3 Å². The Labute approximate surface area is 109 Å². The third-order valence-corrected chi connectivity index (χ3v) is 3.17. The van der Waals surface area contributed by atoms with Gasteiger partial charge in [0.2, 0.25) is 6.39 Å². The van der Waals surface area contributed by atoms with Crippen LogP contribution in [0.3, 0.4) is 0 Å². The number of aliphatic carboxylic acids is 1. The number of hydrogen-bond acceptors (Lipinski definition) is 5. The number of nitrogens with one attached hydrogen (secondary N) is 1. The topological polar surface area (TPSA) is 109 Å². The monoisotopic (exact) mass is 268 g/mol. The molecule has 0 atom stereocenters. The van der Waals surface area contributed by atoms with Crippen LogP contribution in [0.4, 0.5) is 4.79 Å². The molecule has 1 aliphatic heterocycles. The Morgan fingerprint density at radius 2 is 2.21 bits per heavy atom. The molecule has 8 nitrogen and oxygen atoms in total. The number of amides is 2. The molecule has 1 fully saturated rings. The lowest BCUT2D eigenvalue weighted by Gasteiger charge is -2.31. The highest BCUT2D eigenvalue weighted by molar-refractivity contribution is 5.74. The molecule has 0 bridgehead atoms. The highest BCUT2D eigenvalue weighted by Gasteiger charge is 2.24. The summed E-state index contributed by atoms with van der Waals surface area (Å²) in [7, 11) is 0. The van der Waals surface area contributed by atoms with Crippen molar-refractivity contribution in [2.75, 3.05) is 13.1 Å². The molecule has 0 radical (unpaired) electrons. The van der Waals surface area contributed by atoms with Gasteiger partial charge in [-0.05, 0) is 18.8 Å². The Bertz CT molecular complexity index is 426. The number of piperidine rings is 1. The smallest absolute Gasteiger partial charge is 0.317 e. The summed E-state index contributed by atoms with van der Waals surface area (Å²) in [6.45, 7) is 1.39. The second-order valence-corrected chi connectivity index (χ2v) is 4.53. The molecule has 1 aromatic rings. The number of hydrogen-bond donors (Lipinski definition) is 2. The Morgan fingerprint density at radius 3 is 2.79 bits per heavy atom. The molecular formula is C11H16N4O4. The number of likely N-dealkylation sites (tertiary alicyclic amines) is 1. The van der Waals surface area contributed by atoms with Gasteiger partial charge in [0.15, 0.2) is 5.82 Å². The van der Waals surface area contributed by atoms with Crippen LogP contribution in [0.2, 0.25) is 0 Å². The zero-order chi connectivity index (χ0) is 13.7. The minimum Gasteiger partial charge on any atom is -0.481 e. The number of rotatable bonds is 4. The second kappa shape index (κ2) is 6.17. The van der Waals surface area contributed by atoms with Crippen molar-refractivity contribution in [2.24, 2.45) is 5.92 Å². The molecule has 0 aliphatic carbocycles. The molecule has 1 aliphatic rings. The fourth-order valence-corrected chi connectivity index (χ4v) is 2.12. The molecular weight excluding hydrogens is 252 g/mol. The van der Waals surface area contributed by atoms with Crippen LogP contribution in [0.5, 0.6) is 0 Å². The highest BCUT2D eigenvalue weighted by Crippen LogP contribution is 2.20. The van der Waals surface area contributed by atoms with E-state index < -0.39 is 5.97 Å². The van der Waals surface area contributed by atoms with Gasteiger partial charge in [-0.3, -0.25) is 4.79 Å². The summed E-state index contributed by atoms with van der Waals surface area (Å²) in [5, 5.41) is 15.0. The Kier molecular flexibility index (Phi) is 4.32. The van der Waals surface area contributed by atoms with E-state index in [0.29, 0.717) is 18.9 Å². The maximum Gasteiger partial charge on any atom is 0.317 e. The molecule has 1 saturated heterocycles. The molecule has 0 aromatic carbocycles. The van der Waals surface area contributed by atoms with Crippen molar-refractivity contribution in [3.05, 3.63) is 12.2 Å². The van der Waals surface area contributed by atoms with Crippen molar-refractivity contribution in [1.29, 1.82) is 0 Å². The van der Waals surface area contributed by atoms with Crippen LogP contribution in [0.15, 0.2) is 10.9 Å². The van der Waals surface area contributed by atoms with E-state index in [0.717, 1.165) is 12.8 Å². The van der Waals surface area contributed by atoms with E-state index in [4.69, 9.17) is 5.11 Å². The van der Waals surface area contributed by atoms with Crippen LogP contribution < -0.4 is 5.32 Å². The second-order valence-electron chi connectivity index (χ2n) is 4.53. The van der Waals surface area contributed by atoms with Crippen LogP contribution in [-0.4, -0.2) is 45.2 Å². The molecule has 19 heavy (non-hydrogen) atoms. The summed E-state index contributed by atoms with van der Waals surface area (Å²) in [6.07, 6.45) is 2.83. The van der Waals surface area contributed by atoms with Crippen molar-refractivity contribution >= 4 is 12.0 Å². The first-order valence-corrected chi connectivity index (χ1v) is 6.15. The summed E-state index contributed by atoms with van der Waals surface area (Å²) >= 11 is 0. The fourth-order valence-electron chi connectivity index (χ4n) is 2.12. The van der Waals surface area contributed by atoms with Crippen LogP contribution >= 0.6 is 0 Å². The number of carbonyl (C=O) groups excluding carboxylic acids is 1. The van der Waals surface area contributed by atoms with Gasteiger partial charge in [0, 0.05) is 19.5 Å². The number of carboxylic acid groups (broad SMARTS) is 1. The van der Waals surface area contributed by atoms with Gasteiger partial charge in [-0.25, -0.2) is 4.79 Å². The number of carboxylic acids is 1. The van der Waals surface area contributed by atoms with Gasteiger partial charge in [-0.15, -0.1) is 0 Å². The van der Waals surface area contributed by atoms with Gasteiger partial charge < -0.3 is 19.8 Å². The maximum absolute atomic E-state index is 11.8. The zero-order valence-corrected chi connectivity index (χ0v) is 10.4. The van der Waals surface area contributed by atoms with Gasteiger partial charge in [-0.1, -0.05) is 5.16 Å². The molecule has 8 heteroatoms. The van der Waals surface area contributed by atoms with Crippen molar-refractivity contribution in [2.45, 2.75) is 25.8 Å². The largest absolute Gasteiger partial charge is 0.481 e. The molecule has 0 spiro atoms. The Morgan fingerprint density at radius 1 is 1.47 bits per heavy atom. The van der Waals surface area contributed by atoms with E-state index in [1.807, 2.05) is 0 Å². The fraction of sp³-hybridized carbons (Fsp3) is 0.636. The van der Waals surface area contributed by atoms with Gasteiger partial charge in [0.05, 0.1) is 6.54 Å². The number of nitrogens with zero attached hydrogens (tertiary/aromatic N) is 3. The van der Waals surface area contributed by atoms with Crippen LogP contribution in [0.25, 0.3) is 0 Å². The van der Waals surface area contributed by atoms with Gasteiger partial charge in [0.25, 0.3) is 0 Å². The minimum atomic E-state index is -0.778. The highest BCUT2D eigenvalue weighted by atomic mass is 16.5. The van der Waals surface area contributed by atoms with Crippen molar-refractivity contribution in [3.63, 3.8) is 0 Å². The molecule has 0 unspecified atom stereocenters. The molecule has 2 N–H and O–H groups in total. The predicted octanol–water partition coefficient (Wildman–Crippen LogP) is 0.466. The molecule has 2 rings (SSSR count). The standard InChI is InChI=1S/C11H16N4O4/c16-10(17)5-8-1-3-15(4-2-8)11(18)12-6-9-13-7-19-14-9/h7-8H,1-6H2,(H,12,18)(H,16,17). The van der Waals surface area contributed by atoms with E-state index >= 15 is 0 Å². The van der Waals surface area contributed by atoms with Crippen LogP contribution in [0, 0.1) is 5.92 Å². The lowest BCUT2D eigenvalue weighted by Crippen LogP contribution is -2.44. The predicted molar refractivity (Wildman–Crippen MR) is 63.1 cm³/mol. The lowest BCUT2D eigenvalue weighted by atomic mass is 9.94. The average Bonchev–Trinajstić information content (AvgIpc) is 2.89. The van der Waals surface area contributed by atoms with E-state index in [1.54, 1.807) is 4.90 Å². The van der Waals surface area contributed by atoms with E-state index in [-0.39, 0.29) is 24.9 Å². The molecule has 1 aromatic heterocycles. The first kappa shape index (κ1) is 13.3. The molecule has 0 saturated carbocycles. The molecule has 104 valence electrons. The van der Waals surface area contributed by atoms with Crippen molar-refractivity contribution in [1.82, 2.24) is 20.4 Å². The van der Waals surface area contributed by atoms with Gasteiger partial charge >= 0.3 is 12.0 Å². The summed E-state index contributed by atoms with van der Waals surface area (Å²) in [4.78, 5) is 27.9. The summed E-state index contributed by atoms with van der Waals surface area (Å²) in [5.41, 5.74) is 0. The zero-order valence-electron chi connectivity index (χ0n) is 10.4. The number of carbonyl (C=O) groups is 2. The third kappa shape index (κ3) is 3.94. The minimum absolute atomic E-state index is 0.166. The summed E-state index contributed by atoms with van der Waals surface area (Å²) in [6, 6.07) is -0.182. The Balaban J connectivity index is 1.71. The Hall–Kier alpha value is -2.12. The lowest BCUT2D eigenvalue weighted by molar-refractivity contribution is -0.138. The maximum atomic E-state index is 11.8. The average molecular weight is 268 g/mol.